The number of hydrogen-bond acceptors (Lipinski definition) is 5. The molecule has 2 amide bonds. The van der Waals surface area contributed by atoms with Crippen LogP contribution in [0.2, 0.25) is 0 Å². The van der Waals surface area contributed by atoms with Gasteiger partial charge < -0.3 is 5.11 Å². The van der Waals surface area contributed by atoms with Gasteiger partial charge in [-0.3, -0.25) is 24.1 Å². The predicted octanol–water partition coefficient (Wildman–Crippen LogP) is 4.93. The van der Waals surface area contributed by atoms with Crippen molar-refractivity contribution in [1.82, 2.24) is 0 Å². The molecule has 6 nitrogen and oxygen atoms in total. The van der Waals surface area contributed by atoms with Gasteiger partial charge in [0.1, 0.15) is 0 Å². The topological polar surface area (TPSA) is 91.8 Å². The summed E-state index contributed by atoms with van der Waals surface area (Å²) >= 11 is 3.37. The Morgan fingerprint density at radius 1 is 1.00 bits per heavy atom. The molecule has 0 unspecified atom stereocenters. The molecule has 1 aliphatic heterocycles. The summed E-state index contributed by atoms with van der Waals surface area (Å²) in [6.07, 6.45) is 3.64. The highest BCUT2D eigenvalue weighted by Gasteiger charge is 2.56. The van der Waals surface area contributed by atoms with Crippen LogP contribution in [0.1, 0.15) is 31.2 Å². The van der Waals surface area contributed by atoms with Crippen molar-refractivity contribution in [2.75, 3.05) is 4.90 Å². The van der Waals surface area contributed by atoms with Crippen molar-refractivity contribution in [2.45, 2.75) is 25.7 Å². The number of fused-ring (bicyclic) bond motifs is 3. The summed E-state index contributed by atoms with van der Waals surface area (Å²) in [6, 6.07) is 10.8. The minimum absolute atomic E-state index is 0.154. The Bertz CT molecular complexity index is 1520. The Labute approximate surface area is 220 Å². The summed E-state index contributed by atoms with van der Waals surface area (Å²) < 4.78 is 15.3. The fourth-order valence-electron chi connectivity index (χ4n) is 6.29. The average molecular weight is 562 g/mol. The van der Waals surface area contributed by atoms with Crippen molar-refractivity contribution in [1.29, 1.82) is 0 Å². The number of phenolic OH excluding ortho intramolecular Hbond substituents is 1. The second-order valence-corrected chi connectivity index (χ2v) is 10.8. The van der Waals surface area contributed by atoms with Gasteiger partial charge in [0.2, 0.25) is 11.8 Å². The number of halogens is 2. The molecule has 0 radical (unpaired) electrons. The number of phenols is 1. The minimum atomic E-state index is -0.841. The molecule has 0 spiro atoms. The molecule has 8 heteroatoms. The third-order valence-electron chi connectivity index (χ3n) is 7.95. The van der Waals surface area contributed by atoms with E-state index in [1.165, 1.54) is 29.2 Å². The summed E-state index contributed by atoms with van der Waals surface area (Å²) in [4.78, 5) is 54.9. The third-order valence-corrected chi connectivity index (χ3v) is 8.48. The summed E-state index contributed by atoms with van der Waals surface area (Å²) in [5, 5.41) is 9.76. The number of amides is 2. The molecule has 1 fully saturated rings. The summed E-state index contributed by atoms with van der Waals surface area (Å²) in [7, 11) is 0. The third kappa shape index (κ3) is 3.49. The van der Waals surface area contributed by atoms with Gasteiger partial charge in [0.15, 0.2) is 23.1 Å². The van der Waals surface area contributed by atoms with E-state index in [-0.39, 0.29) is 35.4 Å². The fraction of sp³-hybridized carbons (Fsp3) is 0.241. The van der Waals surface area contributed by atoms with Gasteiger partial charge in [-0.25, -0.2) is 4.39 Å². The van der Waals surface area contributed by atoms with Crippen LogP contribution in [0.15, 0.2) is 81.4 Å². The van der Waals surface area contributed by atoms with Gasteiger partial charge >= 0.3 is 0 Å². The highest BCUT2D eigenvalue weighted by Crippen LogP contribution is 2.55. The van der Waals surface area contributed by atoms with Crippen molar-refractivity contribution < 1.29 is 28.7 Å². The molecule has 3 aliphatic carbocycles. The number of Topliss-reactive ketones (excluding diaryl/α,β-unsaturated/α-hetero) is 1. The largest absolute Gasteiger partial charge is 0.505 e. The normalized spacial score (nSPS) is 27.1. The van der Waals surface area contributed by atoms with Crippen LogP contribution < -0.4 is 4.90 Å². The standard InChI is InChI=1S/C29H21BrFNO5/c1-13-10-23(34)20-12-19-17(24(26(20)27(13)35)14-2-9-22(33)21(31)11-14)7-8-18-25(19)29(37)32(28(18)36)16-5-3-15(30)4-6-16/h2-7,9-11,18-19,24-25,33H,8,12H2,1H3/t18-,19+,24-,25-/m0/s1. The Morgan fingerprint density at radius 3 is 2.43 bits per heavy atom. The Balaban J connectivity index is 1.49. The molecule has 2 aromatic rings. The molecule has 186 valence electrons. The van der Waals surface area contributed by atoms with Crippen molar-refractivity contribution in [3.05, 3.63) is 92.8 Å². The van der Waals surface area contributed by atoms with Crippen LogP contribution in [-0.2, 0) is 19.2 Å². The molecule has 4 atom stereocenters. The molecular formula is C29H21BrFNO5. The van der Waals surface area contributed by atoms with Crippen LogP contribution in [0, 0.1) is 23.6 Å². The molecule has 4 aliphatic rings. The quantitative estimate of drug-likeness (QED) is 0.319. The van der Waals surface area contributed by atoms with Crippen LogP contribution >= 0.6 is 15.9 Å². The number of carbonyl (C=O) groups is 4. The number of anilines is 1. The van der Waals surface area contributed by atoms with Crippen LogP contribution in [0.3, 0.4) is 0 Å². The van der Waals surface area contributed by atoms with Gasteiger partial charge in [0.25, 0.3) is 0 Å². The number of imide groups is 1. The zero-order chi connectivity index (χ0) is 26.2. The number of ketones is 2. The van der Waals surface area contributed by atoms with E-state index in [0.717, 1.165) is 10.0 Å². The van der Waals surface area contributed by atoms with Crippen molar-refractivity contribution in [2.24, 2.45) is 17.8 Å². The molecule has 1 N–H and O–H groups in total. The van der Waals surface area contributed by atoms with Crippen molar-refractivity contribution >= 4 is 45.0 Å². The van der Waals surface area contributed by atoms with Crippen molar-refractivity contribution in [3.8, 4) is 5.75 Å². The number of aromatic hydroxyl groups is 1. The monoisotopic (exact) mass is 561 g/mol. The van der Waals surface area contributed by atoms with Gasteiger partial charge in [0.05, 0.1) is 17.5 Å². The van der Waals surface area contributed by atoms with Gasteiger partial charge in [0, 0.05) is 27.1 Å². The summed E-state index contributed by atoms with van der Waals surface area (Å²) in [6.45, 7) is 1.57. The first kappa shape index (κ1) is 23.7. The van der Waals surface area contributed by atoms with Crippen LogP contribution in [0.4, 0.5) is 10.1 Å². The zero-order valence-corrected chi connectivity index (χ0v) is 21.3. The molecule has 1 saturated heterocycles. The van der Waals surface area contributed by atoms with E-state index in [1.54, 1.807) is 31.2 Å². The second kappa shape index (κ2) is 8.45. The maximum absolute atomic E-state index is 14.5. The minimum Gasteiger partial charge on any atom is -0.505 e. The summed E-state index contributed by atoms with van der Waals surface area (Å²) in [5.74, 6) is -5.14. The van der Waals surface area contributed by atoms with E-state index < -0.39 is 35.2 Å². The molecule has 0 saturated carbocycles. The van der Waals surface area contributed by atoms with E-state index in [1.807, 2.05) is 6.08 Å². The summed E-state index contributed by atoms with van der Waals surface area (Å²) in [5.41, 5.74) is 2.52. The first-order valence-electron chi connectivity index (χ1n) is 12.0. The number of rotatable bonds is 2. The maximum atomic E-state index is 14.5. The second-order valence-electron chi connectivity index (χ2n) is 9.93. The smallest absolute Gasteiger partial charge is 0.238 e. The lowest BCUT2D eigenvalue weighted by molar-refractivity contribution is -0.123. The first-order chi connectivity index (χ1) is 17.7. The van der Waals surface area contributed by atoms with Gasteiger partial charge in [-0.05, 0) is 73.7 Å². The van der Waals surface area contributed by atoms with E-state index in [2.05, 4.69) is 15.9 Å². The lowest BCUT2D eigenvalue weighted by atomic mass is 9.59. The SMILES string of the molecule is CC1=CC(=O)C2=C(C1=O)[C@@H](c1ccc(O)c(F)c1)C1=CC[C@@H]3C(=O)N(c4ccc(Br)cc4)C(=O)[C@@H]3[C@@H]1C2. The predicted molar refractivity (Wildman–Crippen MR) is 136 cm³/mol. The zero-order valence-electron chi connectivity index (χ0n) is 19.7. The Hall–Kier alpha value is -3.65. The molecule has 0 bridgehead atoms. The molecule has 2 aromatic carbocycles. The highest BCUT2D eigenvalue weighted by molar-refractivity contribution is 9.10. The number of carbonyl (C=O) groups excluding carboxylic acids is 4. The Kier molecular flexibility index (Phi) is 5.42. The van der Waals surface area contributed by atoms with Gasteiger partial charge in [-0.1, -0.05) is 33.6 Å². The van der Waals surface area contributed by atoms with Crippen LogP contribution in [0.5, 0.6) is 5.75 Å². The van der Waals surface area contributed by atoms with Crippen LogP contribution in [0.25, 0.3) is 0 Å². The van der Waals surface area contributed by atoms with Gasteiger partial charge in [-0.15, -0.1) is 0 Å². The fourth-order valence-corrected chi connectivity index (χ4v) is 6.55. The molecule has 6 rings (SSSR count). The van der Waals surface area contributed by atoms with Gasteiger partial charge in [-0.2, -0.15) is 0 Å². The molecular weight excluding hydrogens is 541 g/mol. The maximum Gasteiger partial charge on any atom is 0.238 e. The van der Waals surface area contributed by atoms with E-state index in [9.17, 15) is 28.7 Å². The number of benzene rings is 2. The molecule has 1 heterocycles. The lowest BCUT2D eigenvalue weighted by Gasteiger charge is -2.42. The average Bonchev–Trinajstić information content (AvgIpc) is 3.13. The lowest BCUT2D eigenvalue weighted by Crippen LogP contribution is -2.39. The number of nitrogens with zero attached hydrogens (tertiary/aromatic N) is 1. The van der Waals surface area contributed by atoms with E-state index in [4.69, 9.17) is 0 Å². The number of allylic oxidation sites excluding steroid dienone is 6. The van der Waals surface area contributed by atoms with E-state index in [0.29, 0.717) is 28.8 Å². The molecule has 0 aromatic heterocycles. The van der Waals surface area contributed by atoms with Crippen LogP contribution in [-0.4, -0.2) is 28.5 Å². The highest BCUT2D eigenvalue weighted by atomic mass is 79.9. The molecule has 37 heavy (non-hydrogen) atoms. The number of hydrogen-bond donors (Lipinski definition) is 1. The Morgan fingerprint density at radius 2 is 1.73 bits per heavy atom. The first-order valence-corrected chi connectivity index (χ1v) is 12.8. The van der Waals surface area contributed by atoms with Crippen molar-refractivity contribution in [3.63, 3.8) is 0 Å². The van der Waals surface area contributed by atoms with E-state index >= 15 is 0 Å².